The molecule has 2 rings (SSSR count). The maximum Gasteiger partial charge on any atom is 0.160 e. The van der Waals surface area contributed by atoms with Crippen LogP contribution >= 0.6 is 0 Å². The van der Waals surface area contributed by atoms with Crippen LogP contribution < -0.4 is 9.47 Å². The van der Waals surface area contributed by atoms with Gasteiger partial charge in [0.15, 0.2) is 6.29 Å². The van der Waals surface area contributed by atoms with Crippen molar-refractivity contribution in [3.05, 3.63) is 23.8 Å². The summed E-state index contributed by atoms with van der Waals surface area (Å²) >= 11 is 0. The summed E-state index contributed by atoms with van der Waals surface area (Å²) in [7, 11) is 3.20. The fraction of sp³-hybridized carbons (Fsp3) is 0.625. The van der Waals surface area contributed by atoms with Gasteiger partial charge < -0.3 is 24.1 Å². The Morgan fingerprint density at radius 1 is 1.33 bits per heavy atom. The van der Waals surface area contributed by atoms with Gasteiger partial charge >= 0.3 is 0 Å². The van der Waals surface area contributed by atoms with Crippen LogP contribution in [0.4, 0.5) is 0 Å². The molecule has 1 unspecified atom stereocenters. The maximum absolute atomic E-state index is 10.1. The Labute approximate surface area is 125 Å². The first-order chi connectivity index (χ1) is 9.95. The van der Waals surface area contributed by atoms with Gasteiger partial charge in [0.1, 0.15) is 17.1 Å². The van der Waals surface area contributed by atoms with E-state index in [2.05, 4.69) is 0 Å². The largest absolute Gasteiger partial charge is 0.493 e. The molecule has 1 heterocycles. The number of hydrogen-bond acceptors (Lipinski definition) is 5. The number of benzene rings is 1. The van der Waals surface area contributed by atoms with E-state index in [-0.39, 0.29) is 11.9 Å². The number of aliphatic hydroxyl groups excluding tert-OH is 1. The molecule has 0 amide bonds. The van der Waals surface area contributed by atoms with E-state index in [4.69, 9.17) is 18.9 Å². The summed E-state index contributed by atoms with van der Waals surface area (Å²) in [5.41, 5.74) is 0.440. The zero-order chi connectivity index (χ0) is 15.5. The fourth-order valence-corrected chi connectivity index (χ4v) is 2.49. The molecule has 1 aromatic rings. The number of ether oxygens (including phenoxy) is 4. The summed E-state index contributed by atoms with van der Waals surface area (Å²) in [6, 6.07) is 5.53. The first kappa shape index (κ1) is 16.1. The van der Waals surface area contributed by atoms with Gasteiger partial charge in [-0.05, 0) is 26.0 Å². The van der Waals surface area contributed by atoms with Gasteiger partial charge in [-0.15, -0.1) is 0 Å². The molecule has 1 N–H and O–H groups in total. The standard InChI is InChI=1S/C16H24O5/c1-16(2)10-13(17)12-6-5-11(9-14(12)21-16)20-8-7-15(18-3)19-4/h5-6,9,13,15,17H,7-8,10H2,1-4H3. The van der Waals surface area contributed by atoms with Gasteiger partial charge in [0, 0.05) is 38.7 Å². The molecule has 0 bridgehead atoms. The smallest absolute Gasteiger partial charge is 0.160 e. The Kier molecular flexibility index (Phi) is 5.08. The summed E-state index contributed by atoms with van der Waals surface area (Å²) in [6.45, 7) is 4.42. The van der Waals surface area contributed by atoms with Crippen molar-refractivity contribution in [1.82, 2.24) is 0 Å². The normalized spacial score (nSPS) is 20.0. The molecule has 0 radical (unpaired) electrons. The molecule has 5 nitrogen and oxygen atoms in total. The number of rotatable bonds is 6. The summed E-state index contributed by atoms with van der Waals surface area (Å²) in [5.74, 6) is 1.40. The number of fused-ring (bicyclic) bond motifs is 1. The van der Waals surface area contributed by atoms with Gasteiger partial charge in [-0.2, -0.15) is 0 Å². The number of hydrogen-bond donors (Lipinski definition) is 1. The van der Waals surface area contributed by atoms with Gasteiger partial charge in [-0.3, -0.25) is 0 Å². The summed E-state index contributed by atoms with van der Waals surface area (Å²) in [4.78, 5) is 0. The van der Waals surface area contributed by atoms with Crippen molar-refractivity contribution in [2.24, 2.45) is 0 Å². The minimum atomic E-state index is -0.496. The molecule has 0 aliphatic carbocycles. The van der Waals surface area contributed by atoms with Gasteiger partial charge in [0.2, 0.25) is 0 Å². The van der Waals surface area contributed by atoms with E-state index in [0.29, 0.717) is 30.9 Å². The van der Waals surface area contributed by atoms with Crippen LogP contribution in [0, 0.1) is 0 Å². The lowest BCUT2D eigenvalue weighted by molar-refractivity contribution is -0.110. The highest BCUT2D eigenvalue weighted by atomic mass is 16.7. The third-order valence-electron chi connectivity index (χ3n) is 3.56. The van der Waals surface area contributed by atoms with Crippen molar-refractivity contribution < 1.29 is 24.1 Å². The zero-order valence-electron chi connectivity index (χ0n) is 13.1. The van der Waals surface area contributed by atoms with E-state index in [1.807, 2.05) is 32.0 Å². The Bertz CT molecular complexity index is 468. The van der Waals surface area contributed by atoms with E-state index in [1.54, 1.807) is 14.2 Å². The second kappa shape index (κ2) is 6.64. The summed E-state index contributed by atoms with van der Waals surface area (Å²) < 4.78 is 21.8. The molecule has 0 aromatic heterocycles. The molecule has 1 aliphatic heterocycles. The monoisotopic (exact) mass is 296 g/mol. The lowest BCUT2D eigenvalue weighted by Crippen LogP contribution is -2.34. The Morgan fingerprint density at radius 2 is 2.05 bits per heavy atom. The topological polar surface area (TPSA) is 57.2 Å². The molecular weight excluding hydrogens is 272 g/mol. The predicted molar refractivity (Wildman–Crippen MR) is 78.6 cm³/mol. The van der Waals surface area contributed by atoms with Gasteiger partial charge in [-0.1, -0.05) is 0 Å². The lowest BCUT2D eigenvalue weighted by atomic mass is 9.92. The lowest BCUT2D eigenvalue weighted by Gasteiger charge is -2.35. The first-order valence-corrected chi connectivity index (χ1v) is 7.14. The number of aliphatic hydroxyl groups is 1. The highest BCUT2D eigenvalue weighted by Crippen LogP contribution is 2.41. The average molecular weight is 296 g/mol. The van der Waals surface area contributed by atoms with Crippen molar-refractivity contribution in [1.29, 1.82) is 0 Å². The van der Waals surface area contributed by atoms with Crippen LogP contribution in [0.5, 0.6) is 11.5 Å². The highest BCUT2D eigenvalue weighted by Gasteiger charge is 2.32. The van der Waals surface area contributed by atoms with Crippen molar-refractivity contribution in [3.8, 4) is 11.5 Å². The summed E-state index contributed by atoms with van der Waals surface area (Å²) in [5, 5.41) is 10.1. The minimum absolute atomic E-state index is 0.264. The van der Waals surface area contributed by atoms with E-state index in [1.165, 1.54) is 0 Å². The SMILES string of the molecule is COC(CCOc1ccc2c(c1)OC(C)(C)CC2O)OC. The molecule has 5 heteroatoms. The van der Waals surface area contributed by atoms with Crippen LogP contribution in [0.1, 0.15) is 38.4 Å². The maximum atomic E-state index is 10.1. The van der Waals surface area contributed by atoms with Crippen molar-refractivity contribution in [2.75, 3.05) is 20.8 Å². The average Bonchev–Trinajstić information content (AvgIpc) is 2.42. The van der Waals surface area contributed by atoms with Crippen molar-refractivity contribution in [2.45, 2.75) is 44.7 Å². The van der Waals surface area contributed by atoms with E-state index < -0.39 is 6.10 Å². The highest BCUT2D eigenvalue weighted by molar-refractivity contribution is 5.43. The first-order valence-electron chi connectivity index (χ1n) is 7.14. The molecule has 1 aliphatic rings. The third-order valence-corrected chi connectivity index (χ3v) is 3.56. The quantitative estimate of drug-likeness (QED) is 0.818. The molecule has 118 valence electrons. The second-order valence-electron chi connectivity index (χ2n) is 5.82. The van der Waals surface area contributed by atoms with Crippen LogP contribution in [-0.4, -0.2) is 37.8 Å². The molecule has 1 aromatic carbocycles. The minimum Gasteiger partial charge on any atom is -0.493 e. The molecule has 0 saturated heterocycles. The van der Waals surface area contributed by atoms with Crippen molar-refractivity contribution in [3.63, 3.8) is 0 Å². The molecule has 0 fully saturated rings. The Balaban J connectivity index is 2.00. The number of methoxy groups -OCH3 is 2. The molecular formula is C16H24O5. The second-order valence-corrected chi connectivity index (χ2v) is 5.82. The van der Waals surface area contributed by atoms with Crippen LogP contribution in [0.15, 0.2) is 18.2 Å². The van der Waals surface area contributed by atoms with E-state index in [9.17, 15) is 5.11 Å². The van der Waals surface area contributed by atoms with Gasteiger partial charge in [-0.25, -0.2) is 0 Å². The van der Waals surface area contributed by atoms with Crippen LogP contribution in [-0.2, 0) is 9.47 Å². The van der Waals surface area contributed by atoms with Gasteiger partial charge in [0.25, 0.3) is 0 Å². The molecule has 1 atom stereocenters. The Hall–Kier alpha value is -1.30. The summed E-state index contributed by atoms with van der Waals surface area (Å²) in [6.07, 6.45) is 0.464. The Morgan fingerprint density at radius 3 is 2.71 bits per heavy atom. The third kappa shape index (κ3) is 4.09. The predicted octanol–water partition coefficient (Wildman–Crippen LogP) is 2.67. The molecule has 21 heavy (non-hydrogen) atoms. The van der Waals surface area contributed by atoms with Crippen LogP contribution in [0.3, 0.4) is 0 Å². The zero-order valence-corrected chi connectivity index (χ0v) is 13.1. The fourth-order valence-electron chi connectivity index (χ4n) is 2.49. The van der Waals surface area contributed by atoms with Crippen LogP contribution in [0.2, 0.25) is 0 Å². The van der Waals surface area contributed by atoms with Gasteiger partial charge in [0.05, 0.1) is 12.7 Å². The molecule has 0 spiro atoms. The molecule has 0 saturated carbocycles. The van der Waals surface area contributed by atoms with E-state index >= 15 is 0 Å². The van der Waals surface area contributed by atoms with E-state index in [0.717, 1.165) is 5.56 Å². The van der Waals surface area contributed by atoms with Crippen molar-refractivity contribution >= 4 is 0 Å². The van der Waals surface area contributed by atoms with Crippen LogP contribution in [0.25, 0.3) is 0 Å².